The van der Waals surface area contributed by atoms with E-state index in [0.717, 1.165) is 59.2 Å². The van der Waals surface area contributed by atoms with Crippen molar-refractivity contribution in [2.24, 2.45) is 10.8 Å². The number of carbonyl (C=O) groups is 2. The van der Waals surface area contributed by atoms with Crippen LogP contribution in [0.4, 0.5) is 0 Å². The van der Waals surface area contributed by atoms with E-state index in [2.05, 4.69) is 94.4 Å². The Labute approximate surface area is 350 Å². The van der Waals surface area contributed by atoms with Gasteiger partial charge in [0.2, 0.25) is 5.91 Å². The quantitative estimate of drug-likeness (QED) is 0.104. The van der Waals surface area contributed by atoms with Crippen molar-refractivity contribution in [1.29, 1.82) is 0 Å². The third-order valence-electron chi connectivity index (χ3n) is 10.9. The standard InChI is InChI=1S/C48H55N5O4.C2H6/c1-34(54)26-47(2,3)32-56-33-48(4,5)27-46(55)53-22-20-52(21-23-53)31-36-11-14-40(42-30-51-44-16-19-50-29-43(42)44)45(25-36)57-24-17-35-9-12-38(13-10-35)39-8-6-7-37-15-18-49-28-41(37)39;1-2/h6-16,18-19,25,28-30,51H,17,20-24,26-27,31-33H2,1-5H3;1-2H3. The highest BCUT2D eigenvalue weighted by molar-refractivity contribution is 5.97. The highest BCUT2D eigenvalue weighted by Crippen LogP contribution is 2.36. The van der Waals surface area contributed by atoms with Crippen LogP contribution >= 0.6 is 0 Å². The van der Waals surface area contributed by atoms with Crippen LogP contribution in [0.1, 0.15) is 72.4 Å². The van der Waals surface area contributed by atoms with Gasteiger partial charge in [-0.25, -0.2) is 0 Å². The number of aromatic amines is 1. The summed E-state index contributed by atoms with van der Waals surface area (Å²) in [5.41, 5.74) is 7.36. The lowest BCUT2D eigenvalue weighted by molar-refractivity contribution is -0.136. The van der Waals surface area contributed by atoms with Crippen LogP contribution in [-0.4, -0.2) is 82.4 Å². The summed E-state index contributed by atoms with van der Waals surface area (Å²) < 4.78 is 12.7. The van der Waals surface area contributed by atoms with E-state index in [1.54, 1.807) is 13.1 Å². The molecule has 1 fully saturated rings. The summed E-state index contributed by atoms with van der Waals surface area (Å²) in [7, 11) is 0. The molecule has 0 unspecified atom stereocenters. The fourth-order valence-electron chi connectivity index (χ4n) is 8.00. The van der Waals surface area contributed by atoms with Crippen molar-refractivity contribution in [2.75, 3.05) is 46.0 Å². The van der Waals surface area contributed by atoms with Gasteiger partial charge in [-0.3, -0.25) is 19.7 Å². The van der Waals surface area contributed by atoms with Gasteiger partial charge in [0.05, 0.1) is 19.8 Å². The first-order valence-corrected chi connectivity index (χ1v) is 21.1. The van der Waals surface area contributed by atoms with Gasteiger partial charge in [0.15, 0.2) is 0 Å². The summed E-state index contributed by atoms with van der Waals surface area (Å²) in [4.78, 5) is 41.5. The van der Waals surface area contributed by atoms with Crippen LogP contribution in [0.3, 0.4) is 0 Å². The predicted octanol–water partition coefficient (Wildman–Crippen LogP) is 10.2. The minimum Gasteiger partial charge on any atom is -0.493 e. The molecule has 310 valence electrons. The van der Waals surface area contributed by atoms with Crippen LogP contribution in [0.2, 0.25) is 0 Å². The zero-order valence-corrected chi connectivity index (χ0v) is 36.0. The number of hydrogen-bond acceptors (Lipinski definition) is 7. The van der Waals surface area contributed by atoms with Crippen molar-refractivity contribution < 1.29 is 19.1 Å². The number of aromatic nitrogens is 3. The first-order chi connectivity index (χ1) is 28.4. The summed E-state index contributed by atoms with van der Waals surface area (Å²) in [5, 5.41) is 3.39. The van der Waals surface area contributed by atoms with Gasteiger partial charge in [-0.05, 0) is 63.6 Å². The second kappa shape index (κ2) is 19.6. The maximum absolute atomic E-state index is 13.4. The number of rotatable bonds is 16. The number of Topliss-reactive ketones (excluding diaryl/α,β-unsaturated/α-hetero) is 1. The lowest BCUT2D eigenvalue weighted by Crippen LogP contribution is -2.49. The Morgan fingerprint density at radius 1 is 0.746 bits per heavy atom. The molecule has 1 aliphatic rings. The molecule has 0 aliphatic carbocycles. The zero-order valence-electron chi connectivity index (χ0n) is 36.0. The molecule has 4 heterocycles. The van der Waals surface area contributed by atoms with E-state index in [1.807, 2.05) is 69.5 Å². The number of ether oxygens (including phenoxy) is 2. The number of ketones is 1. The van der Waals surface area contributed by atoms with Crippen LogP contribution in [0.25, 0.3) is 43.9 Å². The number of fused-ring (bicyclic) bond motifs is 2. The number of hydrogen-bond donors (Lipinski definition) is 1. The molecule has 0 saturated carbocycles. The van der Waals surface area contributed by atoms with Gasteiger partial charge < -0.3 is 24.2 Å². The van der Waals surface area contributed by atoms with Gasteiger partial charge in [0.1, 0.15) is 11.5 Å². The Morgan fingerprint density at radius 3 is 2.15 bits per heavy atom. The molecule has 1 saturated heterocycles. The van der Waals surface area contributed by atoms with Crippen molar-refractivity contribution in [2.45, 2.75) is 74.3 Å². The van der Waals surface area contributed by atoms with E-state index in [4.69, 9.17) is 9.47 Å². The lowest BCUT2D eigenvalue weighted by Gasteiger charge is -2.36. The molecule has 9 heteroatoms. The summed E-state index contributed by atoms with van der Waals surface area (Å²) in [6.07, 6.45) is 11.2. The number of nitrogens with zero attached hydrogens (tertiary/aromatic N) is 4. The second-order valence-corrected chi connectivity index (χ2v) is 17.2. The highest BCUT2D eigenvalue weighted by atomic mass is 16.5. The number of amides is 1. The SMILES string of the molecule is CC.CC(=O)CC(C)(C)COCC(C)(C)CC(=O)N1CCN(Cc2ccc(-c3c[nH]c4ccncc34)c(OCCc3ccc(-c4cccc5ccncc45)cc3)c2)CC1. The average molecular weight is 796 g/mol. The number of benzene rings is 3. The molecule has 6 aromatic rings. The summed E-state index contributed by atoms with van der Waals surface area (Å²) in [5.74, 6) is 1.18. The van der Waals surface area contributed by atoms with Crippen molar-refractivity contribution in [3.8, 4) is 28.0 Å². The molecular weight excluding hydrogens is 735 g/mol. The largest absolute Gasteiger partial charge is 0.493 e. The summed E-state index contributed by atoms with van der Waals surface area (Å²) >= 11 is 0. The normalized spacial score (nSPS) is 13.6. The molecule has 1 amide bonds. The molecular formula is C50H61N5O4. The van der Waals surface area contributed by atoms with Gasteiger partial charge in [-0.15, -0.1) is 0 Å². The zero-order chi connectivity index (χ0) is 42.0. The van der Waals surface area contributed by atoms with E-state index in [-0.39, 0.29) is 22.5 Å². The number of nitrogens with one attached hydrogen (secondary N) is 1. The molecule has 0 atom stereocenters. The number of pyridine rings is 2. The van der Waals surface area contributed by atoms with Gasteiger partial charge in [0, 0.05) is 110 Å². The van der Waals surface area contributed by atoms with Crippen LogP contribution in [0.15, 0.2) is 104 Å². The molecule has 1 N–H and O–H groups in total. The van der Waals surface area contributed by atoms with E-state index >= 15 is 0 Å². The van der Waals surface area contributed by atoms with E-state index in [1.165, 1.54) is 27.6 Å². The minimum absolute atomic E-state index is 0.163. The van der Waals surface area contributed by atoms with Crippen LogP contribution < -0.4 is 4.74 Å². The van der Waals surface area contributed by atoms with Crippen LogP contribution in [-0.2, 0) is 27.3 Å². The maximum Gasteiger partial charge on any atom is 0.223 e. The summed E-state index contributed by atoms with van der Waals surface area (Å²) in [6.45, 7) is 19.1. The van der Waals surface area contributed by atoms with E-state index in [9.17, 15) is 9.59 Å². The number of piperazine rings is 1. The Hall–Kier alpha value is -5.38. The van der Waals surface area contributed by atoms with Gasteiger partial charge in [0.25, 0.3) is 0 Å². The molecule has 0 bridgehead atoms. The molecule has 0 spiro atoms. The Morgan fingerprint density at radius 2 is 1.42 bits per heavy atom. The third kappa shape index (κ3) is 11.4. The monoisotopic (exact) mass is 795 g/mol. The van der Waals surface area contributed by atoms with E-state index in [0.29, 0.717) is 45.8 Å². The first kappa shape index (κ1) is 43.2. The van der Waals surface area contributed by atoms with Gasteiger partial charge >= 0.3 is 0 Å². The van der Waals surface area contributed by atoms with Gasteiger partial charge in [-0.2, -0.15) is 0 Å². The number of H-pyrrole nitrogens is 1. The second-order valence-electron chi connectivity index (χ2n) is 17.2. The van der Waals surface area contributed by atoms with Crippen molar-refractivity contribution in [3.63, 3.8) is 0 Å². The predicted molar refractivity (Wildman–Crippen MR) is 239 cm³/mol. The van der Waals surface area contributed by atoms with Crippen LogP contribution in [0, 0.1) is 10.8 Å². The topological polar surface area (TPSA) is 101 Å². The molecule has 9 nitrogen and oxygen atoms in total. The number of carbonyl (C=O) groups excluding carboxylic acids is 2. The van der Waals surface area contributed by atoms with Crippen molar-refractivity contribution >= 4 is 33.4 Å². The molecule has 1 aliphatic heterocycles. The first-order valence-electron chi connectivity index (χ1n) is 21.1. The highest BCUT2D eigenvalue weighted by Gasteiger charge is 2.29. The smallest absolute Gasteiger partial charge is 0.223 e. The third-order valence-corrected chi connectivity index (χ3v) is 10.9. The Balaban J connectivity index is 0.00000288. The van der Waals surface area contributed by atoms with Crippen LogP contribution in [0.5, 0.6) is 5.75 Å². The minimum atomic E-state index is -0.293. The van der Waals surface area contributed by atoms with E-state index < -0.39 is 0 Å². The molecule has 59 heavy (non-hydrogen) atoms. The summed E-state index contributed by atoms with van der Waals surface area (Å²) in [6, 6.07) is 25.7. The fraction of sp³-hybridized carbons (Fsp3) is 0.400. The molecule has 3 aromatic carbocycles. The van der Waals surface area contributed by atoms with Crippen molar-refractivity contribution in [3.05, 3.63) is 115 Å². The van der Waals surface area contributed by atoms with Crippen molar-refractivity contribution in [1.82, 2.24) is 24.8 Å². The lowest BCUT2D eigenvalue weighted by atomic mass is 9.87. The van der Waals surface area contributed by atoms with Gasteiger partial charge in [-0.1, -0.05) is 96.1 Å². The Kier molecular flexibility index (Phi) is 14.3. The molecule has 0 radical (unpaired) electrons. The molecule has 3 aromatic heterocycles. The fourth-order valence-corrected chi connectivity index (χ4v) is 8.00. The molecule has 7 rings (SSSR count). The Bertz CT molecular complexity index is 2320. The average Bonchev–Trinajstić information content (AvgIpc) is 3.65. The maximum atomic E-state index is 13.4.